The molecule has 0 bridgehead atoms. The number of nitrogens with two attached hydrogens (primary N) is 1. The standard InChI is InChI=1S/C13H17FN2O3/c1-13(2,3)16-11(17)7-19-12(18)8-4-9(14)6-10(15)5-8/h4-6H,7,15H2,1-3H3,(H,16,17). The maximum atomic E-state index is 13.0. The molecule has 1 amide bonds. The van der Waals surface area contributed by atoms with Crippen LogP contribution < -0.4 is 11.1 Å². The van der Waals surface area contributed by atoms with Crippen LogP contribution in [0.1, 0.15) is 31.1 Å². The fraction of sp³-hybridized carbons (Fsp3) is 0.385. The van der Waals surface area contributed by atoms with E-state index in [1.165, 1.54) is 6.07 Å². The molecule has 1 rings (SSSR count). The fourth-order valence-corrected chi connectivity index (χ4v) is 1.40. The minimum absolute atomic E-state index is 0.0268. The molecule has 0 saturated carbocycles. The van der Waals surface area contributed by atoms with Crippen molar-refractivity contribution in [3.05, 3.63) is 29.6 Å². The molecule has 0 heterocycles. The van der Waals surface area contributed by atoms with Crippen LogP contribution in [0.3, 0.4) is 0 Å². The van der Waals surface area contributed by atoms with Gasteiger partial charge in [0.05, 0.1) is 5.56 Å². The number of hydrogen-bond acceptors (Lipinski definition) is 4. The van der Waals surface area contributed by atoms with Crippen LogP contribution in [-0.4, -0.2) is 24.0 Å². The van der Waals surface area contributed by atoms with Crippen molar-refractivity contribution in [3.63, 3.8) is 0 Å². The zero-order chi connectivity index (χ0) is 14.6. The molecule has 19 heavy (non-hydrogen) atoms. The van der Waals surface area contributed by atoms with Crippen molar-refractivity contribution in [2.75, 3.05) is 12.3 Å². The number of carbonyl (C=O) groups excluding carboxylic acids is 2. The predicted molar refractivity (Wildman–Crippen MR) is 69.0 cm³/mol. The van der Waals surface area contributed by atoms with E-state index in [0.717, 1.165) is 12.1 Å². The van der Waals surface area contributed by atoms with E-state index in [1.54, 1.807) is 20.8 Å². The number of nitrogens with one attached hydrogen (secondary N) is 1. The van der Waals surface area contributed by atoms with Crippen molar-refractivity contribution in [2.45, 2.75) is 26.3 Å². The van der Waals surface area contributed by atoms with Crippen LogP contribution >= 0.6 is 0 Å². The van der Waals surface area contributed by atoms with Crippen molar-refractivity contribution in [1.82, 2.24) is 5.32 Å². The topological polar surface area (TPSA) is 81.4 Å². The van der Waals surface area contributed by atoms with Crippen LogP contribution in [0.4, 0.5) is 10.1 Å². The van der Waals surface area contributed by atoms with E-state index in [2.05, 4.69) is 5.32 Å². The summed E-state index contributed by atoms with van der Waals surface area (Å²) < 4.78 is 17.8. The molecular formula is C13H17FN2O3. The Balaban J connectivity index is 2.58. The summed E-state index contributed by atoms with van der Waals surface area (Å²) >= 11 is 0. The average Bonchev–Trinajstić information content (AvgIpc) is 2.22. The highest BCUT2D eigenvalue weighted by molar-refractivity contribution is 5.92. The monoisotopic (exact) mass is 268 g/mol. The van der Waals surface area contributed by atoms with E-state index in [-0.39, 0.29) is 11.3 Å². The second kappa shape index (κ2) is 5.69. The molecule has 5 nitrogen and oxygen atoms in total. The lowest BCUT2D eigenvalue weighted by molar-refractivity contribution is -0.125. The number of hydrogen-bond donors (Lipinski definition) is 2. The third-order valence-electron chi connectivity index (χ3n) is 2.00. The summed E-state index contributed by atoms with van der Waals surface area (Å²) in [6, 6.07) is 3.37. The molecule has 0 aliphatic rings. The van der Waals surface area contributed by atoms with Gasteiger partial charge in [-0.25, -0.2) is 9.18 Å². The first-order chi connectivity index (χ1) is 8.67. The van der Waals surface area contributed by atoms with Gasteiger partial charge in [0.25, 0.3) is 5.91 Å². The van der Waals surface area contributed by atoms with Crippen LogP contribution in [0.25, 0.3) is 0 Å². The molecule has 3 N–H and O–H groups in total. The zero-order valence-corrected chi connectivity index (χ0v) is 11.1. The fourth-order valence-electron chi connectivity index (χ4n) is 1.40. The minimum Gasteiger partial charge on any atom is -0.452 e. The number of rotatable bonds is 3. The number of esters is 1. The summed E-state index contributed by atoms with van der Waals surface area (Å²) in [4.78, 5) is 23.0. The van der Waals surface area contributed by atoms with Gasteiger partial charge in [-0.2, -0.15) is 0 Å². The van der Waals surface area contributed by atoms with Gasteiger partial charge < -0.3 is 15.8 Å². The summed E-state index contributed by atoms with van der Waals surface area (Å²) in [6.45, 7) is 4.99. The molecular weight excluding hydrogens is 251 g/mol. The van der Waals surface area contributed by atoms with E-state index in [4.69, 9.17) is 10.5 Å². The summed E-state index contributed by atoms with van der Waals surface area (Å²) in [5.41, 5.74) is 5.09. The minimum atomic E-state index is -0.796. The Morgan fingerprint density at radius 2 is 1.95 bits per heavy atom. The van der Waals surface area contributed by atoms with Gasteiger partial charge in [-0.15, -0.1) is 0 Å². The van der Waals surface area contributed by atoms with Gasteiger partial charge in [0.2, 0.25) is 0 Å². The van der Waals surface area contributed by atoms with E-state index in [0.29, 0.717) is 0 Å². The van der Waals surface area contributed by atoms with Crippen LogP contribution in [-0.2, 0) is 9.53 Å². The molecule has 0 aliphatic heterocycles. The van der Waals surface area contributed by atoms with Gasteiger partial charge in [0.1, 0.15) is 5.82 Å². The average molecular weight is 268 g/mol. The maximum absolute atomic E-state index is 13.0. The molecule has 0 fully saturated rings. The number of amides is 1. The van der Waals surface area contributed by atoms with Crippen molar-refractivity contribution in [2.24, 2.45) is 0 Å². The number of ether oxygens (including phenoxy) is 1. The molecule has 0 radical (unpaired) electrons. The van der Waals surface area contributed by atoms with Gasteiger partial charge in [-0.1, -0.05) is 0 Å². The lowest BCUT2D eigenvalue weighted by atomic mass is 10.1. The molecule has 0 aromatic heterocycles. The number of anilines is 1. The van der Waals surface area contributed by atoms with Crippen LogP contribution in [0, 0.1) is 5.82 Å². The van der Waals surface area contributed by atoms with E-state index < -0.39 is 29.8 Å². The SMILES string of the molecule is CC(C)(C)NC(=O)COC(=O)c1cc(N)cc(F)c1. The Morgan fingerprint density at radius 3 is 2.47 bits per heavy atom. The van der Waals surface area contributed by atoms with Crippen molar-refractivity contribution in [1.29, 1.82) is 0 Å². The largest absolute Gasteiger partial charge is 0.452 e. The van der Waals surface area contributed by atoms with Crippen LogP contribution in [0.5, 0.6) is 0 Å². The molecule has 1 aromatic carbocycles. The Hall–Kier alpha value is -2.11. The van der Waals surface area contributed by atoms with Gasteiger partial charge in [-0.05, 0) is 39.0 Å². The highest BCUT2D eigenvalue weighted by Crippen LogP contribution is 2.11. The first-order valence-electron chi connectivity index (χ1n) is 5.71. The first-order valence-corrected chi connectivity index (χ1v) is 5.71. The Morgan fingerprint density at radius 1 is 1.32 bits per heavy atom. The molecule has 0 aliphatic carbocycles. The zero-order valence-electron chi connectivity index (χ0n) is 11.1. The molecule has 0 spiro atoms. The van der Waals surface area contributed by atoms with E-state index in [9.17, 15) is 14.0 Å². The summed E-state index contributed by atoms with van der Waals surface area (Å²) in [7, 11) is 0. The lowest BCUT2D eigenvalue weighted by Gasteiger charge is -2.20. The smallest absolute Gasteiger partial charge is 0.338 e. The third kappa shape index (κ3) is 5.37. The Labute approximate surface area is 110 Å². The lowest BCUT2D eigenvalue weighted by Crippen LogP contribution is -2.42. The first kappa shape index (κ1) is 14.9. The van der Waals surface area contributed by atoms with Gasteiger partial charge >= 0.3 is 5.97 Å². The molecule has 6 heteroatoms. The highest BCUT2D eigenvalue weighted by Gasteiger charge is 2.16. The molecule has 0 saturated heterocycles. The van der Waals surface area contributed by atoms with Crippen molar-refractivity contribution >= 4 is 17.6 Å². The van der Waals surface area contributed by atoms with Gasteiger partial charge in [-0.3, -0.25) is 4.79 Å². The number of benzene rings is 1. The molecule has 104 valence electrons. The van der Waals surface area contributed by atoms with Crippen molar-refractivity contribution < 1.29 is 18.7 Å². The molecule has 0 atom stereocenters. The van der Waals surface area contributed by atoms with Gasteiger partial charge in [0, 0.05) is 11.2 Å². The third-order valence-corrected chi connectivity index (χ3v) is 2.00. The number of nitrogen functional groups attached to an aromatic ring is 1. The van der Waals surface area contributed by atoms with Crippen LogP contribution in [0.2, 0.25) is 0 Å². The number of carbonyl (C=O) groups is 2. The highest BCUT2D eigenvalue weighted by atomic mass is 19.1. The second-order valence-corrected chi connectivity index (χ2v) is 5.15. The normalized spacial score (nSPS) is 10.9. The summed E-state index contributed by atoms with van der Waals surface area (Å²) in [5.74, 6) is -1.86. The van der Waals surface area contributed by atoms with E-state index >= 15 is 0 Å². The molecule has 0 unspecified atom stereocenters. The quantitative estimate of drug-likeness (QED) is 0.642. The summed E-state index contributed by atoms with van der Waals surface area (Å²) in [5, 5.41) is 2.63. The Kier molecular flexibility index (Phi) is 4.47. The number of halogens is 1. The second-order valence-electron chi connectivity index (χ2n) is 5.15. The Bertz CT molecular complexity index is 475. The van der Waals surface area contributed by atoms with E-state index in [1.807, 2.05) is 0 Å². The predicted octanol–water partition coefficient (Wildman–Crippen LogP) is 1.48. The van der Waals surface area contributed by atoms with Crippen LogP contribution in [0.15, 0.2) is 18.2 Å². The van der Waals surface area contributed by atoms with Gasteiger partial charge in [0.15, 0.2) is 6.61 Å². The molecule has 1 aromatic rings. The van der Waals surface area contributed by atoms with Crippen molar-refractivity contribution in [3.8, 4) is 0 Å². The maximum Gasteiger partial charge on any atom is 0.338 e. The summed E-state index contributed by atoms with van der Waals surface area (Å²) in [6.07, 6.45) is 0.